The molecule has 3 nitrogen and oxygen atoms in total. The van der Waals surface area contributed by atoms with E-state index in [0.717, 1.165) is 27.8 Å². The van der Waals surface area contributed by atoms with Gasteiger partial charge in [0.2, 0.25) is 0 Å². The standard InChI is InChI=1S/C14H18O3/c1-8-5-10-6-11(7-16)14(17)13(10)9(2)12(8)3-4-15/h5,11,15-16H,3-4,6-7H2,1-2H3/t11-/m1/s1. The molecule has 2 N–H and O–H groups in total. The lowest BCUT2D eigenvalue weighted by molar-refractivity contribution is 0.0882. The molecular formula is C14H18O3. The number of carbonyl (C=O) groups is 1. The molecule has 0 aromatic heterocycles. The third kappa shape index (κ3) is 1.90. The molecule has 0 saturated heterocycles. The maximum Gasteiger partial charge on any atom is 0.169 e. The fourth-order valence-electron chi connectivity index (χ4n) is 2.82. The topological polar surface area (TPSA) is 57.5 Å². The Morgan fingerprint density at radius 1 is 1.35 bits per heavy atom. The Labute approximate surface area is 101 Å². The predicted molar refractivity (Wildman–Crippen MR) is 65.3 cm³/mol. The Hall–Kier alpha value is -1.19. The Morgan fingerprint density at radius 2 is 2.06 bits per heavy atom. The van der Waals surface area contributed by atoms with E-state index in [2.05, 4.69) is 0 Å². The minimum absolute atomic E-state index is 0.0548. The van der Waals surface area contributed by atoms with Crippen molar-refractivity contribution in [1.29, 1.82) is 0 Å². The lowest BCUT2D eigenvalue weighted by Crippen LogP contribution is -2.14. The molecule has 0 aliphatic heterocycles. The number of Topliss-reactive ketones (excluding diaryl/α,β-unsaturated/α-hetero) is 1. The molecule has 1 aliphatic carbocycles. The Bertz CT molecular complexity index is 463. The normalized spacial score (nSPS) is 18.6. The number of aryl methyl sites for hydroxylation is 1. The molecule has 2 rings (SSSR count). The molecule has 0 amide bonds. The van der Waals surface area contributed by atoms with Crippen LogP contribution in [0.3, 0.4) is 0 Å². The largest absolute Gasteiger partial charge is 0.396 e. The van der Waals surface area contributed by atoms with Crippen molar-refractivity contribution < 1.29 is 15.0 Å². The molecule has 17 heavy (non-hydrogen) atoms. The van der Waals surface area contributed by atoms with Gasteiger partial charge >= 0.3 is 0 Å². The fourth-order valence-corrected chi connectivity index (χ4v) is 2.82. The van der Waals surface area contributed by atoms with Gasteiger partial charge in [-0.1, -0.05) is 6.07 Å². The van der Waals surface area contributed by atoms with Gasteiger partial charge in [-0.15, -0.1) is 0 Å². The molecule has 0 spiro atoms. The Morgan fingerprint density at radius 3 is 2.65 bits per heavy atom. The second kappa shape index (κ2) is 4.59. The highest BCUT2D eigenvalue weighted by atomic mass is 16.3. The Balaban J connectivity index is 2.53. The molecule has 1 aliphatic rings. The van der Waals surface area contributed by atoms with E-state index in [9.17, 15) is 9.90 Å². The minimum atomic E-state index is -0.271. The van der Waals surface area contributed by atoms with Crippen LogP contribution in [0.25, 0.3) is 0 Å². The van der Waals surface area contributed by atoms with Crippen LogP contribution in [0.5, 0.6) is 0 Å². The van der Waals surface area contributed by atoms with Crippen LogP contribution in [0.2, 0.25) is 0 Å². The van der Waals surface area contributed by atoms with Crippen LogP contribution in [0.1, 0.15) is 32.6 Å². The van der Waals surface area contributed by atoms with E-state index in [1.807, 2.05) is 19.9 Å². The summed E-state index contributed by atoms with van der Waals surface area (Å²) in [5.74, 6) is -0.216. The summed E-state index contributed by atoms with van der Waals surface area (Å²) in [6.07, 6.45) is 1.23. The molecule has 0 radical (unpaired) electrons. The monoisotopic (exact) mass is 234 g/mol. The highest BCUT2D eigenvalue weighted by Crippen LogP contribution is 2.32. The summed E-state index contributed by atoms with van der Waals surface area (Å²) in [7, 11) is 0. The summed E-state index contributed by atoms with van der Waals surface area (Å²) in [4.78, 5) is 12.1. The zero-order chi connectivity index (χ0) is 12.6. The van der Waals surface area contributed by atoms with E-state index in [-0.39, 0.29) is 24.9 Å². The van der Waals surface area contributed by atoms with Crippen molar-refractivity contribution >= 4 is 5.78 Å². The number of benzene rings is 1. The van der Waals surface area contributed by atoms with Crippen molar-refractivity contribution in [2.45, 2.75) is 26.7 Å². The zero-order valence-electron chi connectivity index (χ0n) is 10.3. The third-order valence-electron chi connectivity index (χ3n) is 3.68. The van der Waals surface area contributed by atoms with Crippen LogP contribution in [0, 0.1) is 19.8 Å². The highest BCUT2D eigenvalue weighted by molar-refractivity contribution is 6.04. The van der Waals surface area contributed by atoms with Gasteiger partial charge in [0, 0.05) is 18.1 Å². The van der Waals surface area contributed by atoms with Crippen molar-refractivity contribution in [3.63, 3.8) is 0 Å². The molecule has 0 unspecified atom stereocenters. The molecule has 0 bridgehead atoms. The smallest absolute Gasteiger partial charge is 0.169 e. The summed E-state index contributed by atoms with van der Waals surface area (Å²) in [6, 6.07) is 2.03. The summed E-state index contributed by atoms with van der Waals surface area (Å²) in [5.41, 5.74) is 5.00. The molecule has 1 aromatic rings. The molecule has 1 aromatic carbocycles. The van der Waals surface area contributed by atoms with Gasteiger partial charge in [0.15, 0.2) is 5.78 Å². The number of aliphatic hydroxyl groups is 2. The lowest BCUT2D eigenvalue weighted by Gasteiger charge is -2.13. The molecule has 0 heterocycles. The average Bonchev–Trinajstić information content (AvgIpc) is 2.61. The molecular weight excluding hydrogens is 216 g/mol. The maximum absolute atomic E-state index is 12.1. The van der Waals surface area contributed by atoms with Gasteiger partial charge < -0.3 is 10.2 Å². The van der Waals surface area contributed by atoms with Crippen LogP contribution in [0.15, 0.2) is 6.07 Å². The van der Waals surface area contributed by atoms with Crippen molar-refractivity contribution in [2.75, 3.05) is 13.2 Å². The first-order valence-electron chi connectivity index (χ1n) is 5.98. The first-order chi connectivity index (χ1) is 8.10. The van der Waals surface area contributed by atoms with Gasteiger partial charge in [0.1, 0.15) is 0 Å². The van der Waals surface area contributed by atoms with Gasteiger partial charge in [-0.25, -0.2) is 0 Å². The van der Waals surface area contributed by atoms with Gasteiger partial charge in [-0.2, -0.15) is 0 Å². The van der Waals surface area contributed by atoms with Crippen LogP contribution in [0.4, 0.5) is 0 Å². The Kier molecular flexibility index (Phi) is 3.31. The summed E-state index contributed by atoms with van der Waals surface area (Å²) < 4.78 is 0. The predicted octanol–water partition coefficient (Wildman–Crippen LogP) is 1.19. The number of ketones is 1. The van der Waals surface area contributed by atoms with Crippen molar-refractivity contribution in [3.8, 4) is 0 Å². The first kappa shape index (κ1) is 12.3. The number of fused-ring (bicyclic) bond motifs is 1. The molecule has 0 fully saturated rings. The van der Waals surface area contributed by atoms with E-state index in [1.54, 1.807) is 0 Å². The number of carbonyl (C=O) groups excluding carboxylic acids is 1. The zero-order valence-corrected chi connectivity index (χ0v) is 10.3. The van der Waals surface area contributed by atoms with Crippen molar-refractivity contribution in [2.24, 2.45) is 5.92 Å². The summed E-state index contributed by atoms with van der Waals surface area (Å²) in [6.45, 7) is 3.96. The molecule has 92 valence electrons. The van der Waals surface area contributed by atoms with Crippen LogP contribution in [-0.2, 0) is 12.8 Å². The second-order valence-electron chi connectivity index (χ2n) is 4.75. The van der Waals surface area contributed by atoms with Gasteiger partial charge in [-0.05, 0) is 48.9 Å². The highest BCUT2D eigenvalue weighted by Gasteiger charge is 2.32. The fraction of sp³-hybridized carbons (Fsp3) is 0.500. The number of hydrogen-bond acceptors (Lipinski definition) is 3. The van der Waals surface area contributed by atoms with Crippen LogP contribution < -0.4 is 0 Å². The van der Waals surface area contributed by atoms with Gasteiger partial charge in [0.05, 0.1) is 6.61 Å². The van der Waals surface area contributed by atoms with E-state index >= 15 is 0 Å². The van der Waals surface area contributed by atoms with E-state index in [0.29, 0.717) is 12.8 Å². The average molecular weight is 234 g/mol. The van der Waals surface area contributed by atoms with Crippen LogP contribution >= 0.6 is 0 Å². The first-order valence-corrected chi connectivity index (χ1v) is 5.98. The van der Waals surface area contributed by atoms with Crippen molar-refractivity contribution in [3.05, 3.63) is 33.9 Å². The van der Waals surface area contributed by atoms with Gasteiger partial charge in [-0.3, -0.25) is 4.79 Å². The number of rotatable bonds is 3. The molecule has 0 saturated carbocycles. The summed E-state index contributed by atoms with van der Waals surface area (Å²) >= 11 is 0. The minimum Gasteiger partial charge on any atom is -0.396 e. The summed E-state index contributed by atoms with van der Waals surface area (Å²) in [5, 5.41) is 18.2. The SMILES string of the molecule is Cc1cc2c(c(C)c1CCO)C(=O)[C@@H](CO)C2. The second-order valence-corrected chi connectivity index (χ2v) is 4.75. The van der Waals surface area contributed by atoms with E-state index in [1.165, 1.54) is 0 Å². The van der Waals surface area contributed by atoms with E-state index < -0.39 is 0 Å². The maximum atomic E-state index is 12.1. The van der Waals surface area contributed by atoms with Crippen molar-refractivity contribution in [1.82, 2.24) is 0 Å². The number of aliphatic hydroxyl groups excluding tert-OH is 2. The molecule has 1 atom stereocenters. The number of hydrogen-bond donors (Lipinski definition) is 2. The lowest BCUT2D eigenvalue weighted by atomic mass is 9.92. The molecule has 3 heteroatoms. The quantitative estimate of drug-likeness (QED) is 0.826. The van der Waals surface area contributed by atoms with Crippen LogP contribution in [-0.4, -0.2) is 29.2 Å². The van der Waals surface area contributed by atoms with Gasteiger partial charge in [0.25, 0.3) is 0 Å². The third-order valence-corrected chi connectivity index (χ3v) is 3.68. The van der Waals surface area contributed by atoms with E-state index in [4.69, 9.17) is 5.11 Å².